The Balaban J connectivity index is 1.78. The number of nitro groups is 1. The molecule has 2 aromatic rings. The van der Waals surface area contributed by atoms with Crippen molar-refractivity contribution in [1.29, 1.82) is 0 Å². The fourth-order valence-corrected chi connectivity index (χ4v) is 4.04. The smallest absolute Gasteiger partial charge is 0.269 e. The molecule has 2 aliphatic rings. The van der Waals surface area contributed by atoms with Gasteiger partial charge in [0.2, 0.25) is 0 Å². The number of non-ortho nitro benzene ring substituents is 1. The average molecular weight is 361 g/mol. The highest BCUT2D eigenvalue weighted by Gasteiger charge is 2.38. The van der Waals surface area contributed by atoms with E-state index >= 15 is 0 Å². The Bertz CT molecular complexity index is 866. The van der Waals surface area contributed by atoms with Crippen LogP contribution in [0, 0.1) is 16.0 Å². The van der Waals surface area contributed by atoms with Gasteiger partial charge in [-0.25, -0.2) is 0 Å². The van der Waals surface area contributed by atoms with E-state index in [0.717, 1.165) is 23.2 Å². The van der Waals surface area contributed by atoms with Crippen molar-refractivity contribution in [3.8, 4) is 0 Å². The summed E-state index contributed by atoms with van der Waals surface area (Å²) in [6.07, 6.45) is 5.22. The third-order valence-electron chi connectivity index (χ3n) is 4.86. The van der Waals surface area contributed by atoms with Crippen LogP contribution in [-0.2, 0) is 0 Å². The number of nitrogens with zero attached hydrogens (tertiary/aromatic N) is 1. The van der Waals surface area contributed by atoms with Crippen molar-refractivity contribution in [1.82, 2.24) is 0 Å². The molecule has 1 aliphatic carbocycles. The van der Waals surface area contributed by atoms with Gasteiger partial charge in [0.25, 0.3) is 5.69 Å². The van der Waals surface area contributed by atoms with Crippen molar-refractivity contribution in [3.63, 3.8) is 0 Å². The summed E-state index contributed by atoms with van der Waals surface area (Å²) >= 11 is 12.2. The second-order valence-electron chi connectivity index (χ2n) is 6.18. The van der Waals surface area contributed by atoms with Crippen molar-refractivity contribution in [2.24, 2.45) is 5.92 Å². The first-order chi connectivity index (χ1) is 11.5. The molecule has 1 heterocycles. The van der Waals surface area contributed by atoms with Crippen molar-refractivity contribution in [3.05, 3.63) is 79.8 Å². The number of hydrogen-bond donors (Lipinski definition) is 1. The van der Waals surface area contributed by atoms with Crippen LogP contribution in [0.15, 0.2) is 48.6 Å². The van der Waals surface area contributed by atoms with Crippen LogP contribution < -0.4 is 5.32 Å². The maximum absolute atomic E-state index is 11.1. The number of benzene rings is 2. The monoisotopic (exact) mass is 360 g/mol. The molecule has 4 rings (SSSR count). The number of hydrogen-bond acceptors (Lipinski definition) is 3. The van der Waals surface area contributed by atoms with Gasteiger partial charge in [-0.15, -0.1) is 0 Å². The van der Waals surface area contributed by atoms with Gasteiger partial charge in [0, 0.05) is 23.7 Å². The lowest BCUT2D eigenvalue weighted by atomic mass is 9.77. The van der Waals surface area contributed by atoms with Gasteiger partial charge in [-0.05, 0) is 41.7 Å². The van der Waals surface area contributed by atoms with E-state index < -0.39 is 0 Å². The van der Waals surface area contributed by atoms with Crippen LogP contribution in [0.5, 0.6) is 0 Å². The van der Waals surface area contributed by atoms with Crippen LogP contribution in [0.25, 0.3) is 0 Å². The number of halogens is 2. The molecule has 1 aliphatic heterocycles. The number of fused-ring (bicyclic) bond motifs is 3. The van der Waals surface area contributed by atoms with Crippen LogP contribution in [0.1, 0.15) is 29.5 Å². The summed E-state index contributed by atoms with van der Waals surface area (Å²) in [5.74, 6) is 0.470. The zero-order valence-corrected chi connectivity index (χ0v) is 14.1. The highest BCUT2D eigenvalue weighted by atomic mass is 35.5. The molecule has 122 valence electrons. The fraction of sp³-hybridized carbons (Fsp3) is 0.222. The van der Waals surface area contributed by atoms with Crippen LogP contribution in [0.4, 0.5) is 11.4 Å². The topological polar surface area (TPSA) is 55.2 Å². The van der Waals surface area contributed by atoms with E-state index in [2.05, 4.69) is 17.5 Å². The largest absolute Gasteiger partial charge is 0.378 e. The van der Waals surface area contributed by atoms with E-state index in [9.17, 15) is 10.1 Å². The molecule has 0 saturated heterocycles. The minimum Gasteiger partial charge on any atom is -0.378 e. The van der Waals surface area contributed by atoms with Gasteiger partial charge in [-0.3, -0.25) is 10.1 Å². The van der Waals surface area contributed by atoms with E-state index in [4.69, 9.17) is 23.2 Å². The van der Waals surface area contributed by atoms with E-state index in [1.807, 2.05) is 18.2 Å². The Morgan fingerprint density at radius 2 is 1.96 bits per heavy atom. The maximum Gasteiger partial charge on any atom is 0.269 e. The number of allylic oxidation sites excluding steroid dienone is 2. The molecule has 0 spiro atoms. The summed E-state index contributed by atoms with van der Waals surface area (Å²) in [4.78, 5) is 10.7. The molecule has 1 N–H and O–H groups in total. The Morgan fingerprint density at radius 1 is 1.12 bits per heavy atom. The lowest BCUT2D eigenvalue weighted by Gasteiger charge is -2.37. The number of nitro benzene ring substituents is 1. The predicted molar refractivity (Wildman–Crippen MR) is 95.9 cm³/mol. The number of rotatable bonds is 2. The van der Waals surface area contributed by atoms with Crippen LogP contribution in [0.3, 0.4) is 0 Å². The van der Waals surface area contributed by atoms with Gasteiger partial charge in [0.15, 0.2) is 0 Å². The summed E-state index contributed by atoms with van der Waals surface area (Å²) in [7, 11) is 0. The van der Waals surface area contributed by atoms with Gasteiger partial charge >= 0.3 is 0 Å². The predicted octanol–water partition coefficient (Wildman–Crippen LogP) is 5.73. The van der Waals surface area contributed by atoms with Crippen LogP contribution >= 0.6 is 23.2 Å². The summed E-state index contributed by atoms with van der Waals surface area (Å²) in [6.45, 7) is 0. The second kappa shape index (κ2) is 5.80. The van der Waals surface area contributed by atoms with E-state index in [1.165, 1.54) is 6.07 Å². The summed E-state index contributed by atoms with van der Waals surface area (Å²) in [5.41, 5.74) is 3.12. The summed E-state index contributed by atoms with van der Waals surface area (Å²) < 4.78 is 0. The molecule has 0 radical (unpaired) electrons. The van der Waals surface area contributed by atoms with Gasteiger partial charge in [0.05, 0.1) is 21.0 Å². The molecular weight excluding hydrogens is 347 g/mol. The van der Waals surface area contributed by atoms with Crippen molar-refractivity contribution in [2.75, 3.05) is 5.32 Å². The summed E-state index contributed by atoms with van der Waals surface area (Å²) in [5, 5.41) is 15.7. The molecule has 0 saturated carbocycles. The lowest BCUT2D eigenvalue weighted by molar-refractivity contribution is -0.384. The molecular formula is C18H14Cl2N2O2. The quantitative estimate of drug-likeness (QED) is 0.422. The third kappa shape index (κ3) is 2.46. The number of anilines is 1. The minimum absolute atomic E-state index is 0.0914. The van der Waals surface area contributed by atoms with Crippen LogP contribution in [0.2, 0.25) is 10.0 Å². The molecule has 0 fully saturated rings. The van der Waals surface area contributed by atoms with E-state index in [1.54, 1.807) is 12.1 Å². The molecule has 0 aromatic heterocycles. The second-order valence-corrected chi connectivity index (χ2v) is 6.99. The Hall–Kier alpha value is -2.04. The molecule has 24 heavy (non-hydrogen) atoms. The SMILES string of the molecule is O=[N+]([O-])c1ccc2c(c1)[C@@H]1C=CC[C@@H]1[C@H](c1ccc(Cl)c(Cl)c1)N2. The normalized spacial score (nSPS) is 24.2. The van der Waals surface area contributed by atoms with Crippen molar-refractivity contribution < 1.29 is 4.92 Å². The molecule has 0 bridgehead atoms. The first-order valence-corrected chi connectivity index (χ1v) is 8.46. The van der Waals surface area contributed by atoms with Crippen molar-refractivity contribution in [2.45, 2.75) is 18.4 Å². The van der Waals surface area contributed by atoms with E-state index in [-0.39, 0.29) is 22.6 Å². The lowest BCUT2D eigenvalue weighted by Crippen LogP contribution is -2.29. The van der Waals surface area contributed by atoms with Gasteiger partial charge in [-0.2, -0.15) is 0 Å². The average Bonchev–Trinajstić information content (AvgIpc) is 3.06. The van der Waals surface area contributed by atoms with E-state index in [0.29, 0.717) is 16.0 Å². The molecule has 2 aromatic carbocycles. The highest BCUT2D eigenvalue weighted by Crippen LogP contribution is 2.50. The zero-order valence-electron chi connectivity index (χ0n) is 12.6. The zero-order chi connectivity index (χ0) is 16.8. The first kappa shape index (κ1) is 15.5. The highest BCUT2D eigenvalue weighted by molar-refractivity contribution is 6.42. The molecule has 0 amide bonds. The first-order valence-electron chi connectivity index (χ1n) is 7.71. The maximum atomic E-state index is 11.1. The molecule has 4 nitrogen and oxygen atoms in total. The minimum atomic E-state index is -0.348. The Morgan fingerprint density at radius 3 is 2.71 bits per heavy atom. The van der Waals surface area contributed by atoms with Gasteiger partial charge < -0.3 is 5.32 Å². The Labute approximate surface area is 149 Å². The molecule has 0 unspecified atom stereocenters. The Kier molecular flexibility index (Phi) is 3.74. The van der Waals surface area contributed by atoms with Crippen LogP contribution in [-0.4, -0.2) is 4.92 Å². The standard InChI is InChI=1S/C18H14Cl2N2O2/c19-15-6-4-10(8-16(15)20)18-13-3-1-2-12(13)14-9-11(22(23)24)5-7-17(14)21-18/h1-2,4-9,12-13,18,21H,3H2/t12-,13+,18+/m1/s1. The van der Waals surface area contributed by atoms with Gasteiger partial charge in [0.1, 0.15) is 0 Å². The number of nitrogens with one attached hydrogen (secondary N) is 1. The van der Waals surface area contributed by atoms with Gasteiger partial charge in [-0.1, -0.05) is 41.4 Å². The summed E-state index contributed by atoms with van der Waals surface area (Å²) in [6, 6.07) is 10.8. The fourth-order valence-electron chi connectivity index (χ4n) is 3.73. The van der Waals surface area contributed by atoms with Crippen molar-refractivity contribution >= 4 is 34.6 Å². The third-order valence-corrected chi connectivity index (χ3v) is 5.60. The molecule has 3 atom stereocenters. The molecule has 6 heteroatoms.